The fraction of sp³-hybridized carbons (Fsp3) is 0.381. The molecule has 0 bridgehead atoms. The number of ether oxygens (including phenoxy) is 2. The summed E-state index contributed by atoms with van der Waals surface area (Å²) < 4.78 is 11.0. The summed E-state index contributed by atoms with van der Waals surface area (Å²) in [5, 5.41) is 3.15. The molecule has 138 valence electrons. The number of nitrogens with two attached hydrogens (primary N) is 1. The lowest BCUT2D eigenvalue weighted by Crippen LogP contribution is -2.38. The highest BCUT2D eigenvalue weighted by atomic mass is 16.5. The predicted molar refractivity (Wildman–Crippen MR) is 102 cm³/mol. The molecule has 0 aromatic heterocycles. The first-order chi connectivity index (χ1) is 12.7. The minimum atomic E-state index is -0.0827. The number of rotatable bonds is 7. The maximum Gasteiger partial charge on any atom is 0.251 e. The van der Waals surface area contributed by atoms with E-state index in [1.165, 1.54) is 11.1 Å². The number of carbonyl (C=O) groups is 1. The van der Waals surface area contributed by atoms with Crippen molar-refractivity contribution in [3.8, 4) is 11.5 Å². The quantitative estimate of drug-likeness (QED) is 0.750. The third kappa shape index (κ3) is 4.35. The van der Waals surface area contributed by atoms with E-state index in [4.69, 9.17) is 15.2 Å². The molecule has 1 atom stereocenters. The molecule has 3 N–H and O–H groups in total. The molecular weight excluding hydrogens is 328 g/mol. The molecule has 1 aliphatic rings. The van der Waals surface area contributed by atoms with Gasteiger partial charge in [-0.05, 0) is 61.6 Å². The van der Waals surface area contributed by atoms with Crippen molar-refractivity contribution in [1.82, 2.24) is 5.32 Å². The molecule has 1 amide bonds. The Balaban J connectivity index is 1.67. The fourth-order valence-corrected chi connectivity index (χ4v) is 3.29. The van der Waals surface area contributed by atoms with Gasteiger partial charge in [0.25, 0.3) is 5.91 Å². The second-order valence-corrected chi connectivity index (χ2v) is 6.54. The predicted octanol–water partition coefficient (Wildman–Crippen LogP) is 2.71. The third-order valence-electron chi connectivity index (χ3n) is 4.71. The lowest BCUT2D eigenvalue weighted by Gasteiger charge is -2.25. The Labute approximate surface area is 154 Å². The van der Waals surface area contributed by atoms with E-state index >= 15 is 0 Å². The SMILES string of the molecule is COc1ccc(C(=O)N[C@@H]2CCc3ccccc3C2)cc1OCCCN. The smallest absolute Gasteiger partial charge is 0.251 e. The topological polar surface area (TPSA) is 73.6 Å². The van der Waals surface area contributed by atoms with E-state index in [1.54, 1.807) is 25.3 Å². The largest absolute Gasteiger partial charge is 0.493 e. The van der Waals surface area contributed by atoms with E-state index in [1.807, 2.05) is 0 Å². The van der Waals surface area contributed by atoms with Crippen molar-refractivity contribution in [3.05, 3.63) is 59.2 Å². The van der Waals surface area contributed by atoms with Crippen molar-refractivity contribution in [2.75, 3.05) is 20.3 Å². The number of aryl methyl sites for hydroxylation is 1. The minimum absolute atomic E-state index is 0.0827. The van der Waals surface area contributed by atoms with Gasteiger partial charge in [0, 0.05) is 11.6 Å². The van der Waals surface area contributed by atoms with Gasteiger partial charge in [-0.15, -0.1) is 0 Å². The Morgan fingerprint density at radius 2 is 2.00 bits per heavy atom. The van der Waals surface area contributed by atoms with Crippen LogP contribution in [0.4, 0.5) is 0 Å². The molecule has 0 saturated heterocycles. The second kappa shape index (κ2) is 8.72. The molecule has 1 aliphatic carbocycles. The Kier molecular flexibility index (Phi) is 6.12. The highest BCUT2D eigenvalue weighted by molar-refractivity contribution is 5.95. The molecule has 2 aromatic rings. The third-order valence-corrected chi connectivity index (χ3v) is 4.71. The maximum absolute atomic E-state index is 12.7. The van der Waals surface area contributed by atoms with Crippen LogP contribution in [0.1, 0.15) is 34.3 Å². The Bertz CT molecular complexity index is 761. The van der Waals surface area contributed by atoms with E-state index in [2.05, 4.69) is 29.6 Å². The monoisotopic (exact) mass is 354 g/mol. The Morgan fingerprint density at radius 1 is 1.19 bits per heavy atom. The van der Waals surface area contributed by atoms with Gasteiger partial charge >= 0.3 is 0 Å². The van der Waals surface area contributed by atoms with Crippen molar-refractivity contribution in [2.24, 2.45) is 5.73 Å². The molecule has 0 radical (unpaired) electrons. The van der Waals surface area contributed by atoms with Gasteiger partial charge in [0.2, 0.25) is 0 Å². The average molecular weight is 354 g/mol. The van der Waals surface area contributed by atoms with Gasteiger partial charge in [-0.2, -0.15) is 0 Å². The molecule has 5 heteroatoms. The van der Waals surface area contributed by atoms with Crippen LogP contribution in [0.15, 0.2) is 42.5 Å². The number of fused-ring (bicyclic) bond motifs is 1. The van der Waals surface area contributed by atoms with Gasteiger partial charge in [-0.1, -0.05) is 24.3 Å². The summed E-state index contributed by atoms with van der Waals surface area (Å²) in [6.45, 7) is 1.06. The molecule has 0 fully saturated rings. The molecule has 0 spiro atoms. The van der Waals surface area contributed by atoms with E-state index in [0.717, 1.165) is 25.7 Å². The summed E-state index contributed by atoms with van der Waals surface area (Å²) in [5.74, 6) is 1.11. The summed E-state index contributed by atoms with van der Waals surface area (Å²) in [6, 6.07) is 13.9. The number of hydrogen-bond acceptors (Lipinski definition) is 4. The highest BCUT2D eigenvalue weighted by Gasteiger charge is 2.21. The van der Waals surface area contributed by atoms with Gasteiger partial charge in [0.15, 0.2) is 11.5 Å². The van der Waals surface area contributed by atoms with Crippen LogP contribution in [-0.4, -0.2) is 32.2 Å². The van der Waals surface area contributed by atoms with Gasteiger partial charge in [-0.25, -0.2) is 0 Å². The van der Waals surface area contributed by atoms with Gasteiger partial charge < -0.3 is 20.5 Å². The van der Waals surface area contributed by atoms with Crippen molar-refractivity contribution < 1.29 is 14.3 Å². The molecule has 0 saturated carbocycles. The first-order valence-electron chi connectivity index (χ1n) is 9.10. The van der Waals surface area contributed by atoms with Gasteiger partial charge in [0.05, 0.1) is 13.7 Å². The summed E-state index contributed by atoms with van der Waals surface area (Å²) in [7, 11) is 1.59. The molecule has 26 heavy (non-hydrogen) atoms. The standard InChI is InChI=1S/C21H26N2O3/c1-25-19-10-8-17(14-20(19)26-12-4-11-22)21(24)23-18-9-7-15-5-2-3-6-16(15)13-18/h2-3,5-6,8,10,14,18H,4,7,9,11-13,22H2,1H3,(H,23,24)/t18-/m1/s1. The van der Waals surface area contributed by atoms with Crippen LogP contribution in [0.5, 0.6) is 11.5 Å². The summed E-state index contributed by atoms with van der Waals surface area (Å²) in [6.07, 6.45) is 3.58. The lowest BCUT2D eigenvalue weighted by atomic mass is 9.88. The zero-order valence-electron chi connectivity index (χ0n) is 15.2. The van der Waals surface area contributed by atoms with Crippen molar-refractivity contribution >= 4 is 5.91 Å². The van der Waals surface area contributed by atoms with Gasteiger partial charge in [0.1, 0.15) is 0 Å². The molecular formula is C21H26N2O3. The number of hydrogen-bond donors (Lipinski definition) is 2. The number of nitrogens with one attached hydrogen (secondary N) is 1. The van der Waals surface area contributed by atoms with Crippen LogP contribution in [0.25, 0.3) is 0 Å². The van der Waals surface area contributed by atoms with Gasteiger partial charge in [-0.3, -0.25) is 4.79 Å². The maximum atomic E-state index is 12.7. The minimum Gasteiger partial charge on any atom is -0.493 e. The number of carbonyl (C=O) groups excluding carboxylic acids is 1. The number of benzene rings is 2. The lowest BCUT2D eigenvalue weighted by molar-refractivity contribution is 0.0933. The molecule has 5 nitrogen and oxygen atoms in total. The molecule has 3 rings (SSSR count). The molecule has 0 heterocycles. The van der Waals surface area contributed by atoms with Crippen molar-refractivity contribution in [3.63, 3.8) is 0 Å². The summed E-state index contributed by atoms with van der Waals surface area (Å²) >= 11 is 0. The summed E-state index contributed by atoms with van der Waals surface area (Å²) in [4.78, 5) is 12.7. The van der Waals surface area contributed by atoms with E-state index in [0.29, 0.717) is 30.2 Å². The zero-order chi connectivity index (χ0) is 18.4. The second-order valence-electron chi connectivity index (χ2n) is 6.54. The Hall–Kier alpha value is -2.53. The van der Waals surface area contributed by atoms with Crippen LogP contribution in [-0.2, 0) is 12.8 Å². The fourth-order valence-electron chi connectivity index (χ4n) is 3.29. The number of methoxy groups -OCH3 is 1. The Morgan fingerprint density at radius 3 is 2.77 bits per heavy atom. The van der Waals surface area contributed by atoms with Crippen LogP contribution >= 0.6 is 0 Å². The highest BCUT2D eigenvalue weighted by Crippen LogP contribution is 2.28. The zero-order valence-corrected chi connectivity index (χ0v) is 15.2. The van der Waals surface area contributed by atoms with E-state index in [-0.39, 0.29) is 11.9 Å². The first-order valence-corrected chi connectivity index (χ1v) is 9.10. The first kappa shape index (κ1) is 18.3. The van der Waals surface area contributed by atoms with Crippen LogP contribution in [0.2, 0.25) is 0 Å². The van der Waals surface area contributed by atoms with Crippen LogP contribution in [0, 0.1) is 0 Å². The van der Waals surface area contributed by atoms with Crippen LogP contribution in [0.3, 0.4) is 0 Å². The van der Waals surface area contributed by atoms with E-state index in [9.17, 15) is 4.79 Å². The van der Waals surface area contributed by atoms with Crippen molar-refractivity contribution in [1.29, 1.82) is 0 Å². The normalized spacial score (nSPS) is 15.8. The summed E-state index contributed by atoms with van der Waals surface area (Å²) in [5.41, 5.74) is 8.79. The molecule has 0 unspecified atom stereocenters. The number of amides is 1. The molecule has 2 aromatic carbocycles. The van der Waals surface area contributed by atoms with E-state index < -0.39 is 0 Å². The molecule has 0 aliphatic heterocycles. The average Bonchev–Trinajstić information content (AvgIpc) is 2.68. The van der Waals surface area contributed by atoms with Crippen LogP contribution < -0.4 is 20.5 Å². The van der Waals surface area contributed by atoms with Crippen molar-refractivity contribution in [2.45, 2.75) is 31.7 Å².